The van der Waals surface area contributed by atoms with Gasteiger partial charge in [0.25, 0.3) is 0 Å². The molecule has 1 atom stereocenters. The zero-order valence-corrected chi connectivity index (χ0v) is 7.41. The molecule has 0 amide bonds. The van der Waals surface area contributed by atoms with Gasteiger partial charge in [-0.05, 0) is 13.3 Å². The maximum absolute atomic E-state index is 10.5. The fourth-order valence-electron chi connectivity index (χ4n) is 0.535. The lowest BCUT2D eigenvalue weighted by molar-refractivity contribution is -0.348. The number of carbonyl (C=O) groups is 1. The van der Waals surface area contributed by atoms with Gasteiger partial charge in [0.1, 0.15) is 0 Å². The number of carbonyl (C=O) groups excluding carboxylic acids is 1. The molecule has 0 bridgehead atoms. The van der Waals surface area contributed by atoms with Gasteiger partial charge in [0, 0.05) is 12.7 Å². The topological polar surface area (TPSA) is 44.8 Å². The first-order valence-corrected chi connectivity index (χ1v) is 3.85. The highest BCUT2D eigenvalue weighted by Gasteiger charge is 2.08. The Morgan fingerprint density at radius 3 is 2.67 bits per heavy atom. The van der Waals surface area contributed by atoms with E-state index in [0.29, 0.717) is 13.0 Å². The van der Waals surface area contributed by atoms with Crippen molar-refractivity contribution in [1.29, 1.82) is 0 Å². The highest BCUT2D eigenvalue weighted by molar-refractivity contribution is 5.80. The standard InChI is InChI=1S/C8H14O4/c1-4-7(9)11-12-8(5-2)10-6-3/h4,8H,1,5-6H2,2-3H3. The van der Waals surface area contributed by atoms with E-state index in [2.05, 4.69) is 16.4 Å². The van der Waals surface area contributed by atoms with Crippen molar-refractivity contribution in [2.45, 2.75) is 26.6 Å². The van der Waals surface area contributed by atoms with Crippen molar-refractivity contribution in [2.24, 2.45) is 0 Å². The van der Waals surface area contributed by atoms with Gasteiger partial charge in [-0.25, -0.2) is 4.79 Å². The molecule has 4 heteroatoms. The molecule has 0 N–H and O–H groups in total. The van der Waals surface area contributed by atoms with Gasteiger partial charge in [0.2, 0.25) is 6.29 Å². The van der Waals surface area contributed by atoms with E-state index in [-0.39, 0.29) is 0 Å². The van der Waals surface area contributed by atoms with E-state index in [0.717, 1.165) is 6.08 Å². The smallest absolute Gasteiger partial charge is 0.349 e. The average Bonchev–Trinajstić information content (AvgIpc) is 2.11. The molecule has 0 aliphatic rings. The third kappa shape index (κ3) is 4.87. The second-order valence-electron chi connectivity index (χ2n) is 2.00. The van der Waals surface area contributed by atoms with Gasteiger partial charge < -0.3 is 4.74 Å². The normalized spacial score (nSPS) is 12.2. The van der Waals surface area contributed by atoms with Crippen LogP contribution in [0.4, 0.5) is 0 Å². The van der Waals surface area contributed by atoms with Crippen molar-refractivity contribution in [1.82, 2.24) is 0 Å². The lowest BCUT2D eigenvalue weighted by atomic mass is 10.5. The average molecular weight is 174 g/mol. The zero-order valence-electron chi connectivity index (χ0n) is 7.41. The Morgan fingerprint density at radius 1 is 1.58 bits per heavy atom. The van der Waals surface area contributed by atoms with E-state index >= 15 is 0 Å². The summed E-state index contributed by atoms with van der Waals surface area (Å²) in [7, 11) is 0. The van der Waals surface area contributed by atoms with Crippen molar-refractivity contribution in [3.8, 4) is 0 Å². The summed E-state index contributed by atoms with van der Waals surface area (Å²) in [5.41, 5.74) is 0. The van der Waals surface area contributed by atoms with Crippen molar-refractivity contribution in [2.75, 3.05) is 6.61 Å². The fourth-order valence-corrected chi connectivity index (χ4v) is 0.535. The summed E-state index contributed by atoms with van der Waals surface area (Å²) < 4.78 is 5.05. The third-order valence-corrected chi connectivity index (χ3v) is 1.09. The zero-order chi connectivity index (χ0) is 9.40. The van der Waals surface area contributed by atoms with Crippen molar-refractivity contribution < 1.29 is 19.3 Å². The minimum absolute atomic E-state index is 0.487. The molecular formula is C8H14O4. The quantitative estimate of drug-likeness (QED) is 0.264. The van der Waals surface area contributed by atoms with Crippen LogP contribution in [0.5, 0.6) is 0 Å². The largest absolute Gasteiger partial charge is 0.365 e. The second kappa shape index (κ2) is 6.82. The molecule has 0 heterocycles. The monoisotopic (exact) mass is 174 g/mol. The number of ether oxygens (including phenoxy) is 1. The lowest BCUT2D eigenvalue weighted by Gasteiger charge is -2.12. The van der Waals surface area contributed by atoms with Crippen LogP contribution in [0.15, 0.2) is 12.7 Å². The number of rotatable bonds is 6. The highest BCUT2D eigenvalue weighted by Crippen LogP contribution is 2.00. The Hall–Kier alpha value is -0.870. The van der Waals surface area contributed by atoms with Gasteiger partial charge in [-0.15, -0.1) is 0 Å². The highest BCUT2D eigenvalue weighted by atomic mass is 17.2. The van der Waals surface area contributed by atoms with Crippen LogP contribution in [0, 0.1) is 0 Å². The van der Waals surface area contributed by atoms with Gasteiger partial charge >= 0.3 is 5.97 Å². The van der Waals surface area contributed by atoms with Crippen LogP contribution in [0.25, 0.3) is 0 Å². The molecule has 1 unspecified atom stereocenters. The van der Waals surface area contributed by atoms with E-state index in [9.17, 15) is 4.79 Å². The molecule has 0 radical (unpaired) electrons. The predicted molar refractivity (Wildman–Crippen MR) is 43.1 cm³/mol. The summed E-state index contributed by atoms with van der Waals surface area (Å²) in [6, 6.07) is 0. The maximum Gasteiger partial charge on any atom is 0.365 e. The van der Waals surface area contributed by atoms with Crippen molar-refractivity contribution >= 4 is 5.97 Å². The summed E-state index contributed by atoms with van der Waals surface area (Å²) in [6.07, 6.45) is 1.16. The molecule has 12 heavy (non-hydrogen) atoms. The molecule has 0 aliphatic carbocycles. The molecular weight excluding hydrogens is 160 g/mol. The second-order valence-corrected chi connectivity index (χ2v) is 2.00. The Morgan fingerprint density at radius 2 is 2.25 bits per heavy atom. The summed E-state index contributed by atoms with van der Waals surface area (Å²) >= 11 is 0. The Labute approximate surface area is 72.0 Å². The summed E-state index contributed by atoms with van der Waals surface area (Å²) in [6.45, 7) is 7.43. The Balaban J connectivity index is 3.56. The SMILES string of the molecule is C=CC(=O)OOC(CC)OCC. The minimum atomic E-state index is -0.617. The molecule has 0 aromatic carbocycles. The first kappa shape index (κ1) is 11.1. The van der Waals surface area contributed by atoms with Crippen LogP contribution in [-0.2, 0) is 19.3 Å². The van der Waals surface area contributed by atoms with Crippen molar-refractivity contribution in [3.63, 3.8) is 0 Å². The molecule has 4 nitrogen and oxygen atoms in total. The Bertz CT molecular complexity index is 144. The number of hydrogen-bond donors (Lipinski definition) is 0. The Kier molecular flexibility index (Phi) is 6.32. The van der Waals surface area contributed by atoms with Gasteiger partial charge in [-0.1, -0.05) is 13.5 Å². The molecule has 0 aromatic heterocycles. The molecule has 0 saturated carbocycles. The predicted octanol–water partition coefficient (Wildman–Crippen LogP) is 1.42. The summed E-state index contributed by atoms with van der Waals surface area (Å²) in [5.74, 6) is -0.617. The van der Waals surface area contributed by atoms with Crippen molar-refractivity contribution in [3.05, 3.63) is 12.7 Å². The van der Waals surface area contributed by atoms with Crippen LogP contribution in [-0.4, -0.2) is 18.9 Å². The van der Waals surface area contributed by atoms with Crippen LogP contribution >= 0.6 is 0 Å². The molecule has 0 fully saturated rings. The van der Waals surface area contributed by atoms with Crippen LogP contribution < -0.4 is 0 Å². The van der Waals surface area contributed by atoms with Crippen LogP contribution in [0.2, 0.25) is 0 Å². The number of hydrogen-bond acceptors (Lipinski definition) is 4. The molecule has 0 aliphatic heterocycles. The molecule has 70 valence electrons. The first-order valence-electron chi connectivity index (χ1n) is 3.85. The van der Waals surface area contributed by atoms with E-state index in [1.165, 1.54) is 0 Å². The van der Waals surface area contributed by atoms with Gasteiger partial charge in [0.05, 0.1) is 0 Å². The van der Waals surface area contributed by atoms with Crippen LogP contribution in [0.3, 0.4) is 0 Å². The minimum Gasteiger partial charge on any atom is -0.349 e. The van der Waals surface area contributed by atoms with Crippen LogP contribution in [0.1, 0.15) is 20.3 Å². The van der Waals surface area contributed by atoms with Gasteiger partial charge in [0.15, 0.2) is 0 Å². The van der Waals surface area contributed by atoms with Gasteiger partial charge in [-0.3, -0.25) is 4.89 Å². The fraction of sp³-hybridized carbons (Fsp3) is 0.625. The van der Waals surface area contributed by atoms with E-state index in [4.69, 9.17) is 4.74 Å². The molecule has 0 saturated heterocycles. The summed E-state index contributed by atoms with van der Waals surface area (Å²) in [4.78, 5) is 19.5. The van der Waals surface area contributed by atoms with E-state index in [1.54, 1.807) is 0 Å². The van der Waals surface area contributed by atoms with E-state index < -0.39 is 12.3 Å². The lowest BCUT2D eigenvalue weighted by Crippen LogP contribution is -2.18. The maximum atomic E-state index is 10.5. The summed E-state index contributed by atoms with van der Waals surface area (Å²) in [5, 5.41) is 0. The third-order valence-electron chi connectivity index (χ3n) is 1.09. The molecule has 0 rings (SSSR count). The first-order chi connectivity index (χ1) is 5.74. The van der Waals surface area contributed by atoms with E-state index in [1.807, 2.05) is 13.8 Å². The molecule has 0 aromatic rings. The van der Waals surface area contributed by atoms with Gasteiger partial charge in [-0.2, -0.15) is 4.89 Å². The molecule has 0 spiro atoms.